The summed E-state index contributed by atoms with van der Waals surface area (Å²) in [5, 5.41) is 8.92. The molecular weight excluding hydrogens is 270 g/mol. The molecule has 0 aliphatic rings. The van der Waals surface area contributed by atoms with Crippen molar-refractivity contribution in [3.8, 4) is 0 Å². The largest absolute Gasteiger partial charge is 0.481 e. The Labute approximate surface area is 122 Å². The van der Waals surface area contributed by atoms with Gasteiger partial charge in [0.25, 0.3) is 0 Å². The third-order valence-electron chi connectivity index (χ3n) is 2.99. The number of benzene rings is 2. The Kier molecular flexibility index (Phi) is 5.21. The van der Waals surface area contributed by atoms with Gasteiger partial charge in [0.2, 0.25) is 0 Å². The maximum atomic E-state index is 10.9. The summed E-state index contributed by atoms with van der Waals surface area (Å²) in [6.07, 6.45) is 0.0690. The summed E-state index contributed by atoms with van der Waals surface area (Å²) in [6.45, 7) is 0.532. The van der Waals surface area contributed by atoms with Crippen molar-refractivity contribution in [3.63, 3.8) is 0 Å². The van der Waals surface area contributed by atoms with E-state index in [0.29, 0.717) is 6.54 Å². The molecule has 0 aliphatic heterocycles. The number of carbonyl (C=O) groups is 1. The molecule has 0 aromatic heterocycles. The number of carboxylic acid groups (broad SMARTS) is 1. The highest BCUT2D eigenvalue weighted by molar-refractivity contribution is 7.98. The van der Waals surface area contributed by atoms with Crippen molar-refractivity contribution < 1.29 is 9.90 Å². The van der Waals surface area contributed by atoms with Crippen molar-refractivity contribution in [2.75, 3.05) is 0 Å². The monoisotopic (exact) mass is 287 g/mol. The van der Waals surface area contributed by atoms with Crippen LogP contribution in [-0.2, 0) is 23.5 Å². The Balaban J connectivity index is 2.08. The van der Waals surface area contributed by atoms with Gasteiger partial charge in [0.15, 0.2) is 0 Å². The van der Waals surface area contributed by atoms with Gasteiger partial charge in [-0.05, 0) is 28.8 Å². The van der Waals surface area contributed by atoms with E-state index in [1.807, 2.05) is 42.5 Å². The topological polar surface area (TPSA) is 63.3 Å². The van der Waals surface area contributed by atoms with Crippen molar-refractivity contribution in [3.05, 3.63) is 65.2 Å². The molecule has 0 saturated carbocycles. The molecule has 104 valence electrons. The lowest BCUT2D eigenvalue weighted by atomic mass is 10.1. The van der Waals surface area contributed by atoms with Gasteiger partial charge in [-0.1, -0.05) is 36.4 Å². The highest BCUT2D eigenvalue weighted by Crippen LogP contribution is 2.25. The molecule has 0 unspecified atom stereocenters. The molecule has 2 rings (SSSR count). The van der Waals surface area contributed by atoms with Gasteiger partial charge in [-0.3, -0.25) is 4.79 Å². The lowest BCUT2D eigenvalue weighted by Gasteiger charge is -2.08. The number of carboxylic acids is 1. The molecule has 0 spiro atoms. The van der Waals surface area contributed by atoms with E-state index in [-0.39, 0.29) is 6.42 Å². The predicted octanol–water partition coefficient (Wildman–Crippen LogP) is 3.06. The molecule has 20 heavy (non-hydrogen) atoms. The highest BCUT2D eigenvalue weighted by Gasteiger charge is 2.06. The summed E-state index contributed by atoms with van der Waals surface area (Å²) >= 11 is 1.70. The normalized spacial score (nSPS) is 10.4. The van der Waals surface area contributed by atoms with Crippen molar-refractivity contribution in [2.24, 2.45) is 5.73 Å². The van der Waals surface area contributed by atoms with Gasteiger partial charge in [-0.2, -0.15) is 0 Å². The first-order valence-corrected chi connectivity index (χ1v) is 7.38. The van der Waals surface area contributed by atoms with Crippen LogP contribution in [0.4, 0.5) is 0 Å². The third kappa shape index (κ3) is 4.11. The van der Waals surface area contributed by atoms with Gasteiger partial charge >= 0.3 is 5.97 Å². The molecule has 3 N–H and O–H groups in total. The Bertz CT molecular complexity index is 599. The van der Waals surface area contributed by atoms with Crippen molar-refractivity contribution >= 4 is 17.7 Å². The molecule has 2 aromatic carbocycles. The number of aliphatic carboxylic acids is 1. The summed E-state index contributed by atoms with van der Waals surface area (Å²) < 4.78 is 0. The molecule has 2 aromatic rings. The molecule has 0 fully saturated rings. The van der Waals surface area contributed by atoms with Crippen LogP contribution in [0.15, 0.2) is 53.4 Å². The van der Waals surface area contributed by atoms with E-state index in [4.69, 9.17) is 10.8 Å². The van der Waals surface area contributed by atoms with Crippen LogP contribution in [0.1, 0.15) is 16.7 Å². The first-order valence-electron chi connectivity index (χ1n) is 6.39. The highest BCUT2D eigenvalue weighted by atomic mass is 32.2. The zero-order valence-corrected chi connectivity index (χ0v) is 11.9. The third-order valence-corrected chi connectivity index (χ3v) is 4.03. The van der Waals surface area contributed by atoms with Gasteiger partial charge in [0, 0.05) is 17.2 Å². The smallest absolute Gasteiger partial charge is 0.307 e. The van der Waals surface area contributed by atoms with Crippen LogP contribution < -0.4 is 5.73 Å². The van der Waals surface area contributed by atoms with E-state index in [2.05, 4.69) is 6.07 Å². The minimum atomic E-state index is -0.799. The lowest BCUT2D eigenvalue weighted by Crippen LogP contribution is -2.02. The second-order valence-electron chi connectivity index (χ2n) is 4.48. The summed E-state index contributed by atoms with van der Waals surface area (Å²) in [7, 11) is 0. The number of hydrogen-bond acceptors (Lipinski definition) is 3. The number of hydrogen-bond donors (Lipinski definition) is 2. The fourth-order valence-corrected chi connectivity index (χ4v) is 2.97. The molecule has 0 aliphatic carbocycles. The number of rotatable bonds is 6. The van der Waals surface area contributed by atoms with Gasteiger partial charge in [-0.25, -0.2) is 0 Å². The lowest BCUT2D eigenvalue weighted by molar-refractivity contribution is -0.136. The molecule has 0 heterocycles. The van der Waals surface area contributed by atoms with E-state index in [9.17, 15) is 4.79 Å². The Morgan fingerprint density at radius 1 is 1.10 bits per heavy atom. The number of thioether (sulfide) groups is 1. The average molecular weight is 287 g/mol. The van der Waals surface area contributed by atoms with Crippen LogP contribution in [0.5, 0.6) is 0 Å². The summed E-state index contributed by atoms with van der Waals surface area (Å²) in [6, 6.07) is 15.8. The van der Waals surface area contributed by atoms with Crippen LogP contribution in [0.25, 0.3) is 0 Å². The Morgan fingerprint density at radius 3 is 2.55 bits per heavy atom. The summed E-state index contributed by atoms with van der Waals surface area (Å²) in [5.74, 6) is -0.0372. The van der Waals surface area contributed by atoms with Crippen molar-refractivity contribution in [1.29, 1.82) is 0 Å². The Hall–Kier alpha value is -1.78. The Morgan fingerprint density at radius 2 is 1.85 bits per heavy atom. The zero-order chi connectivity index (χ0) is 14.4. The van der Waals surface area contributed by atoms with E-state index in [0.717, 1.165) is 27.3 Å². The van der Waals surface area contributed by atoms with Crippen LogP contribution in [0.3, 0.4) is 0 Å². The van der Waals surface area contributed by atoms with Gasteiger partial charge in [0.05, 0.1) is 6.42 Å². The van der Waals surface area contributed by atoms with Gasteiger partial charge in [0.1, 0.15) is 0 Å². The van der Waals surface area contributed by atoms with Crippen LogP contribution >= 0.6 is 11.8 Å². The molecule has 4 heteroatoms. The molecule has 3 nitrogen and oxygen atoms in total. The summed E-state index contributed by atoms with van der Waals surface area (Å²) in [4.78, 5) is 12.0. The number of nitrogens with two attached hydrogens (primary N) is 1. The predicted molar refractivity (Wildman–Crippen MR) is 81.7 cm³/mol. The van der Waals surface area contributed by atoms with Gasteiger partial charge < -0.3 is 10.8 Å². The van der Waals surface area contributed by atoms with Crippen molar-refractivity contribution in [2.45, 2.75) is 23.6 Å². The van der Waals surface area contributed by atoms with Crippen LogP contribution in [-0.4, -0.2) is 11.1 Å². The van der Waals surface area contributed by atoms with E-state index < -0.39 is 5.97 Å². The average Bonchev–Trinajstić information content (AvgIpc) is 2.46. The molecule has 0 bridgehead atoms. The van der Waals surface area contributed by atoms with Gasteiger partial charge in [-0.15, -0.1) is 11.8 Å². The summed E-state index contributed by atoms with van der Waals surface area (Å²) in [5.41, 5.74) is 8.68. The minimum Gasteiger partial charge on any atom is -0.481 e. The fourth-order valence-electron chi connectivity index (χ4n) is 1.96. The van der Waals surface area contributed by atoms with E-state index in [1.54, 1.807) is 11.8 Å². The SMILES string of the molecule is NCc1cccc(SCc2ccccc2CC(=O)O)c1. The fraction of sp³-hybridized carbons (Fsp3) is 0.188. The molecule has 0 amide bonds. The maximum Gasteiger partial charge on any atom is 0.307 e. The minimum absolute atomic E-state index is 0.0690. The second-order valence-corrected chi connectivity index (χ2v) is 5.53. The van der Waals surface area contributed by atoms with Crippen LogP contribution in [0, 0.1) is 0 Å². The zero-order valence-electron chi connectivity index (χ0n) is 11.1. The van der Waals surface area contributed by atoms with Crippen molar-refractivity contribution in [1.82, 2.24) is 0 Å². The maximum absolute atomic E-state index is 10.9. The van der Waals surface area contributed by atoms with E-state index in [1.165, 1.54) is 0 Å². The molecule has 0 saturated heterocycles. The first-order chi connectivity index (χ1) is 9.69. The second kappa shape index (κ2) is 7.12. The molecule has 0 atom stereocenters. The van der Waals surface area contributed by atoms with E-state index >= 15 is 0 Å². The standard InChI is InChI=1S/C16H17NO2S/c17-10-12-4-3-7-15(8-12)20-11-14-6-2-1-5-13(14)9-16(18)19/h1-8H,9-11,17H2,(H,18,19). The van der Waals surface area contributed by atoms with Crippen LogP contribution in [0.2, 0.25) is 0 Å². The quantitative estimate of drug-likeness (QED) is 0.801. The molecular formula is C16H17NO2S. The molecule has 0 radical (unpaired) electrons. The first kappa shape index (κ1) is 14.6.